The van der Waals surface area contributed by atoms with Gasteiger partial charge in [-0.15, -0.1) is 0 Å². The van der Waals surface area contributed by atoms with Crippen molar-refractivity contribution in [3.63, 3.8) is 0 Å². The zero-order valence-electron chi connectivity index (χ0n) is 8.05. The maximum Gasteiger partial charge on any atom is 0.0220 e. The van der Waals surface area contributed by atoms with Crippen LogP contribution in [0.3, 0.4) is 0 Å². The van der Waals surface area contributed by atoms with Gasteiger partial charge < -0.3 is 10.2 Å². The molecule has 2 aliphatic rings. The van der Waals surface area contributed by atoms with E-state index in [2.05, 4.69) is 17.3 Å². The van der Waals surface area contributed by atoms with Crippen molar-refractivity contribution in [3.8, 4) is 0 Å². The molecular weight excluding hydrogens is 148 g/mol. The number of nitrogens with zero attached hydrogens (tertiary/aromatic N) is 1. The molecule has 0 aromatic carbocycles. The molecule has 12 heavy (non-hydrogen) atoms. The first-order valence-corrected chi connectivity index (χ1v) is 5.27. The second kappa shape index (κ2) is 3.75. The lowest BCUT2D eigenvalue weighted by Crippen LogP contribution is -2.50. The molecule has 1 saturated heterocycles. The Hall–Kier alpha value is -0.0800. The first-order valence-electron chi connectivity index (χ1n) is 5.27. The fourth-order valence-corrected chi connectivity index (χ4v) is 2.24. The lowest BCUT2D eigenvalue weighted by molar-refractivity contribution is 0.145. The van der Waals surface area contributed by atoms with Gasteiger partial charge in [-0.1, -0.05) is 19.3 Å². The summed E-state index contributed by atoms with van der Waals surface area (Å²) in [5.74, 6) is 1.05. The molecule has 0 aromatic heterocycles. The Morgan fingerprint density at radius 2 is 2.25 bits per heavy atom. The number of hydrogen-bond acceptors (Lipinski definition) is 2. The van der Waals surface area contributed by atoms with Crippen LogP contribution in [-0.4, -0.2) is 37.6 Å². The molecule has 0 aromatic rings. The molecule has 1 heterocycles. The summed E-state index contributed by atoms with van der Waals surface area (Å²) >= 11 is 0. The van der Waals surface area contributed by atoms with E-state index in [4.69, 9.17) is 0 Å². The Kier molecular flexibility index (Phi) is 2.66. The summed E-state index contributed by atoms with van der Waals surface area (Å²) in [6.07, 6.45) is 5.90. The predicted octanol–water partition coefficient (Wildman–Crippen LogP) is 1.08. The van der Waals surface area contributed by atoms with E-state index in [0.717, 1.165) is 12.0 Å². The fraction of sp³-hybridized carbons (Fsp3) is 1.00. The average Bonchev–Trinajstić information content (AvgIpc) is 2.00. The van der Waals surface area contributed by atoms with Crippen LogP contribution in [0.1, 0.15) is 25.7 Å². The Balaban J connectivity index is 1.76. The zero-order valence-corrected chi connectivity index (χ0v) is 8.05. The first kappa shape index (κ1) is 8.52. The molecule has 1 aliphatic carbocycles. The third kappa shape index (κ3) is 1.80. The van der Waals surface area contributed by atoms with Crippen LogP contribution in [0.5, 0.6) is 0 Å². The molecule has 1 unspecified atom stereocenters. The summed E-state index contributed by atoms with van der Waals surface area (Å²) < 4.78 is 0. The van der Waals surface area contributed by atoms with E-state index >= 15 is 0 Å². The number of rotatable bonds is 2. The van der Waals surface area contributed by atoms with Crippen LogP contribution in [0.2, 0.25) is 0 Å². The van der Waals surface area contributed by atoms with Gasteiger partial charge in [0.15, 0.2) is 0 Å². The van der Waals surface area contributed by atoms with E-state index in [-0.39, 0.29) is 0 Å². The van der Waals surface area contributed by atoms with Crippen molar-refractivity contribution in [3.05, 3.63) is 0 Å². The highest BCUT2D eigenvalue weighted by atomic mass is 15.2. The zero-order chi connectivity index (χ0) is 8.39. The molecule has 0 bridgehead atoms. The Bertz CT molecular complexity index is 143. The highest BCUT2D eigenvalue weighted by Gasteiger charge is 2.25. The molecule has 70 valence electrons. The van der Waals surface area contributed by atoms with Crippen LogP contribution < -0.4 is 5.32 Å². The minimum absolute atomic E-state index is 0.823. The lowest BCUT2D eigenvalue weighted by atomic mass is 9.80. The number of likely N-dealkylation sites (N-methyl/N-ethyl adjacent to an activating group) is 1. The Morgan fingerprint density at radius 1 is 1.42 bits per heavy atom. The van der Waals surface area contributed by atoms with Crippen molar-refractivity contribution in [1.82, 2.24) is 10.2 Å². The summed E-state index contributed by atoms with van der Waals surface area (Å²) in [5, 5.41) is 3.48. The van der Waals surface area contributed by atoms with E-state index in [1.807, 2.05) is 0 Å². The van der Waals surface area contributed by atoms with Gasteiger partial charge in [0.1, 0.15) is 0 Å². The largest absolute Gasteiger partial charge is 0.314 e. The smallest absolute Gasteiger partial charge is 0.0220 e. The van der Waals surface area contributed by atoms with E-state index in [0.29, 0.717) is 0 Å². The Labute approximate surface area is 75.3 Å². The lowest BCUT2D eigenvalue weighted by Gasteiger charge is -2.37. The highest BCUT2D eigenvalue weighted by Crippen LogP contribution is 2.31. The fourth-order valence-electron chi connectivity index (χ4n) is 2.24. The summed E-state index contributed by atoms with van der Waals surface area (Å²) in [6.45, 7) is 3.63. The second-order valence-corrected chi connectivity index (χ2v) is 4.37. The standard InChI is InChI=1S/C10H20N2/c1-12-6-5-11-8-10(12)7-9-3-2-4-9/h9-11H,2-8H2,1H3. The third-order valence-electron chi connectivity index (χ3n) is 3.47. The van der Waals surface area contributed by atoms with Crippen LogP contribution in [-0.2, 0) is 0 Å². The quantitative estimate of drug-likeness (QED) is 0.664. The van der Waals surface area contributed by atoms with Gasteiger partial charge in [-0.25, -0.2) is 0 Å². The number of piperazine rings is 1. The van der Waals surface area contributed by atoms with E-state index < -0.39 is 0 Å². The van der Waals surface area contributed by atoms with Crippen molar-refractivity contribution in [2.24, 2.45) is 5.92 Å². The molecule has 0 radical (unpaired) electrons. The molecule has 2 fully saturated rings. The van der Waals surface area contributed by atoms with E-state index in [1.165, 1.54) is 45.3 Å². The van der Waals surface area contributed by atoms with Crippen molar-refractivity contribution in [2.75, 3.05) is 26.7 Å². The molecule has 1 atom stereocenters. The van der Waals surface area contributed by atoms with Crippen molar-refractivity contribution in [1.29, 1.82) is 0 Å². The van der Waals surface area contributed by atoms with Crippen molar-refractivity contribution >= 4 is 0 Å². The molecule has 2 rings (SSSR count). The van der Waals surface area contributed by atoms with Crippen LogP contribution in [0.15, 0.2) is 0 Å². The second-order valence-electron chi connectivity index (χ2n) is 4.37. The van der Waals surface area contributed by atoms with E-state index in [9.17, 15) is 0 Å². The maximum atomic E-state index is 3.48. The van der Waals surface area contributed by atoms with Crippen molar-refractivity contribution < 1.29 is 0 Å². The molecule has 1 saturated carbocycles. The van der Waals surface area contributed by atoms with Crippen LogP contribution in [0, 0.1) is 5.92 Å². The molecule has 2 heteroatoms. The van der Waals surface area contributed by atoms with Crippen LogP contribution >= 0.6 is 0 Å². The summed E-state index contributed by atoms with van der Waals surface area (Å²) in [4.78, 5) is 2.52. The number of hydrogen-bond donors (Lipinski definition) is 1. The van der Waals surface area contributed by atoms with Gasteiger partial charge >= 0.3 is 0 Å². The van der Waals surface area contributed by atoms with Gasteiger partial charge in [0, 0.05) is 25.7 Å². The van der Waals surface area contributed by atoms with Gasteiger partial charge in [0.25, 0.3) is 0 Å². The summed E-state index contributed by atoms with van der Waals surface area (Å²) in [7, 11) is 2.27. The maximum absolute atomic E-state index is 3.48. The monoisotopic (exact) mass is 168 g/mol. The Morgan fingerprint density at radius 3 is 2.83 bits per heavy atom. The molecule has 1 N–H and O–H groups in total. The minimum Gasteiger partial charge on any atom is -0.314 e. The SMILES string of the molecule is CN1CCNCC1CC1CCC1. The van der Waals surface area contributed by atoms with Gasteiger partial charge in [-0.05, 0) is 19.4 Å². The highest BCUT2D eigenvalue weighted by molar-refractivity contribution is 4.82. The third-order valence-corrected chi connectivity index (χ3v) is 3.47. The molecule has 0 amide bonds. The van der Waals surface area contributed by atoms with Crippen LogP contribution in [0.25, 0.3) is 0 Å². The minimum atomic E-state index is 0.823. The predicted molar refractivity (Wildman–Crippen MR) is 51.2 cm³/mol. The molecule has 0 spiro atoms. The summed E-state index contributed by atoms with van der Waals surface area (Å²) in [6, 6.07) is 0.823. The van der Waals surface area contributed by atoms with Crippen molar-refractivity contribution in [2.45, 2.75) is 31.7 Å². The normalized spacial score (nSPS) is 33.2. The van der Waals surface area contributed by atoms with Crippen LogP contribution in [0.4, 0.5) is 0 Å². The van der Waals surface area contributed by atoms with Gasteiger partial charge in [-0.2, -0.15) is 0 Å². The first-order chi connectivity index (χ1) is 5.86. The average molecular weight is 168 g/mol. The number of nitrogens with one attached hydrogen (secondary N) is 1. The van der Waals surface area contributed by atoms with E-state index in [1.54, 1.807) is 0 Å². The molecule has 2 nitrogen and oxygen atoms in total. The molecule has 1 aliphatic heterocycles. The van der Waals surface area contributed by atoms with Gasteiger partial charge in [-0.3, -0.25) is 0 Å². The van der Waals surface area contributed by atoms with Gasteiger partial charge in [0.05, 0.1) is 0 Å². The topological polar surface area (TPSA) is 15.3 Å². The van der Waals surface area contributed by atoms with Gasteiger partial charge in [0.2, 0.25) is 0 Å². The summed E-state index contributed by atoms with van der Waals surface area (Å²) in [5.41, 5.74) is 0. The molecular formula is C10H20N2.